The first kappa shape index (κ1) is 23.1. The van der Waals surface area contributed by atoms with E-state index < -0.39 is 17.7 Å². The van der Waals surface area contributed by atoms with Crippen LogP contribution in [0.4, 0.5) is 0 Å². The number of fused-ring (bicyclic) bond motifs is 1. The number of carbonyl (C=O) groups is 2. The first-order chi connectivity index (χ1) is 16.4. The highest BCUT2D eigenvalue weighted by Crippen LogP contribution is 2.41. The average molecular weight is 527 g/mol. The van der Waals surface area contributed by atoms with Crippen LogP contribution in [0.15, 0.2) is 52.5 Å². The van der Waals surface area contributed by atoms with Gasteiger partial charge in [-0.1, -0.05) is 28.1 Å². The second-order valence-electron chi connectivity index (χ2n) is 8.96. The predicted molar refractivity (Wildman–Crippen MR) is 131 cm³/mol. The van der Waals surface area contributed by atoms with Crippen LogP contribution in [0.25, 0.3) is 5.76 Å². The fraction of sp³-hybridized carbons (Fsp3) is 0.385. The van der Waals surface area contributed by atoms with E-state index in [1.807, 2.05) is 43.3 Å². The van der Waals surface area contributed by atoms with Crippen molar-refractivity contribution in [1.29, 1.82) is 0 Å². The topological polar surface area (TPSA) is 79.3 Å². The molecule has 2 atom stereocenters. The quantitative estimate of drug-likeness (QED) is 0.364. The summed E-state index contributed by atoms with van der Waals surface area (Å²) in [5.41, 5.74) is 2.40. The Morgan fingerprint density at radius 3 is 2.68 bits per heavy atom. The van der Waals surface area contributed by atoms with E-state index in [2.05, 4.69) is 20.8 Å². The Morgan fingerprint density at radius 2 is 1.91 bits per heavy atom. The summed E-state index contributed by atoms with van der Waals surface area (Å²) in [6.07, 6.45) is 0.805. The van der Waals surface area contributed by atoms with Crippen molar-refractivity contribution in [1.82, 2.24) is 9.80 Å². The summed E-state index contributed by atoms with van der Waals surface area (Å²) in [5, 5.41) is 11.3. The number of aliphatic hydroxyl groups is 1. The zero-order chi connectivity index (χ0) is 23.8. The summed E-state index contributed by atoms with van der Waals surface area (Å²) in [4.78, 5) is 30.2. The second-order valence-corrected chi connectivity index (χ2v) is 9.87. The molecule has 2 unspecified atom stereocenters. The zero-order valence-corrected chi connectivity index (χ0v) is 20.6. The number of ether oxygens (including phenoxy) is 2. The van der Waals surface area contributed by atoms with Gasteiger partial charge >= 0.3 is 0 Å². The number of hydrogen-bond acceptors (Lipinski definition) is 6. The van der Waals surface area contributed by atoms with Crippen LogP contribution in [0.2, 0.25) is 0 Å². The summed E-state index contributed by atoms with van der Waals surface area (Å²) >= 11 is 3.50. The first-order valence-electron chi connectivity index (χ1n) is 11.6. The molecule has 3 aliphatic heterocycles. The second kappa shape index (κ2) is 9.52. The van der Waals surface area contributed by atoms with Gasteiger partial charge in [0.2, 0.25) is 0 Å². The third-order valence-electron chi connectivity index (χ3n) is 6.63. The van der Waals surface area contributed by atoms with E-state index in [0.717, 1.165) is 40.9 Å². The van der Waals surface area contributed by atoms with E-state index >= 15 is 0 Å². The number of aliphatic hydroxyl groups excluding tert-OH is 1. The predicted octanol–water partition coefficient (Wildman–Crippen LogP) is 3.53. The van der Waals surface area contributed by atoms with Gasteiger partial charge in [-0.25, -0.2) is 0 Å². The number of nitrogens with zero attached hydrogens (tertiary/aromatic N) is 2. The summed E-state index contributed by atoms with van der Waals surface area (Å²) in [6, 6.07) is 12.3. The summed E-state index contributed by atoms with van der Waals surface area (Å²) in [5.74, 6) is -0.606. The Morgan fingerprint density at radius 1 is 1.12 bits per heavy atom. The molecule has 178 valence electrons. The number of hydrogen-bond donors (Lipinski definition) is 1. The fourth-order valence-corrected chi connectivity index (χ4v) is 5.35. The summed E-state index contributed by atoms with van der Waals surface area (Å²) in [6.45, 7) is 5.92. The van der Waals surface area contributed by atoms with E-state index in [9.17, 15) is 14.7 Å². The van der Waals surface area contributed by atoms with Crippen molar-refractivity contribution in [2.24, 2.45) is 0 Å². The van der Waals surface area contributed by atoms with Gasteiger partial charge in [-0.2, -0.15) is 0 Å². The van der Waals surface area contributed by atoms with Crippen LogP contribution in [-0.2, 0) is 20.7 Å². The Balaban J connectivity index is 1.53. The van der Waals surface area contributed by atoms with Gasteiger partial charge in [0.25, 0.3) is 11.7 Å². The highest BCUT2D eigenvalue weighted by Gasteiger charge is 2.46. The lowest BCUT2D eigenvalue weighted by atomic mass is 9.94. The van der Waals surface area contributed by atoms with Gasteiger partial charge in [-0.05, 0) is 48.4 Å². The number of halogens is 1. The molecule has 1 N–H and O–H groups in total. The largest absolute Gasteiger partial charge is 0.507 e. The van der Waals surface area contributed by atoms with E-state index in [1.165, 1.54) is 0 Å². The number of likely N-dealkylation sites (tertiary alicyclic amines) is 1. The number of Topliss-reactive ketones (excluding diaryl/α,β-unsaturated/α-hetero) is 1. The molecule has 3 heterocycles. The van der Waals surface area contributed by atoms with Gasteiger partial charge < -0.3 is 19.5 Å². The van der Waals surface area contributed by atoms with Crippen molar-refractivity contribution < 1.29 is 24.2 Å². The van der Waals surface area contributed by atoms with Crippen molar-refractivity contribution in [3.8, 4) is 5.75 Å². The maximum absolute atomic E-state index is 13.3. The van der Waals surface area contributed by atoms with E-state index in [4.69, 9.17) is 9.47 Å². The summed E-state index contributed by atoms with van der Waals surface area (Å²) in [7, 11) is 0. The number of morpholine rings is 1. The minimum Gasteiger partial charge on any atom is -0.507 e. The van der Waals surface area contributed by atoms with Crippen molar-refractivity contribution in [2.75, 3.05) is 39.4 Å². The molecule has 0 aromatic heterocycles. The molecule has 3 aliphatic rings. The Kier molecular flexibility index (Phi) is 6.46. The average Bonchev–Trinajstić information content (AvgIpc) is 3.33. The third kappa shape index (κ3) is 4.37. The number of rotatable bonds is 5. The smallest absolute Gasteiger partial charge is 0.295 e. The van der Waals surface area contributed by atoms with Crippen molar-refractivity contribution >= 4 is 33.4 Å². The van der Waals surface area contributed by atoms with E-state index in [1.54, 1.807) is 11.0 Å². The lowest BCUT2D eigenvalue weighted by molar-refractivity contribution is -0.140. The van der Waals surface area contributed by atoms with E-state index in [0.29, 0.717) is 31.9 Å². The molecule has 34 heavy (non-hydrogen) atoms. The van der Waals surface area contributed by atoms with Gasteiger partial charge in [0.1, 0.15) is 17.6 Å². The van der Waals surface area contributed by atoms with Crippen LogP contribution in [0.1, 0.15) is 29.7 Å². The van der Waals surface area contributed by atoms with Crippen molar-refractivity contribution in [3.05, 3.63) is 69.2 Å². The molecule has 0 spiro atoms. The van der Waals surface area contributed by atoms with Gasteiger partial charge in [-0.3, -0.25) is 14.5 Å². The summed E-state index contributed by atoms with van der Waals surface area (Å²) < 4.78 is 12.0. The Hall–Kier alpha value is -2.68. The van der Waals surface area contributed by atoms with Gasteiger partial charge in [0, 0.05) is 42.6 Å². The van der Waals surface area contributed by atoms with Crippen LogP contribution in [0.3, 0.4) is 0 Å². The van der Waals surface area contributed by atoms with Crippen molar-refractivity contribution in [2.45, 2.75) is 25.5 Å². The molecule has 0 bridgehead atoms. The number of ketones is 1. The lowest BCUT2D eigenvalue weighted by Gasteiger charge is -2.31. The van der Waals surface area contributed by atoms with Gasteiger partial charge in [0.05, 0.1) is 24.8 Å². The standard InChI is InChI=1S/C26H27BrN2O5/c1-16-13-19-14-18(5-6-21(19)34-16)24(30)22-23(17-3-2-4-20(27)15-17)29(26(32)25(22)31)8-7-28-9-11-33-12-10-28/h2-6,14-16,23,30H,7-13H2,1H3. The minimum atomic E-state index is -0.665. The maximum atomic E-state index is 13.3. The van der Waals surface area contributed by atoms with Crippen LogP contribution in [0.5, 0.6) is 5.75 Å². The zero-order valence-electron chi connectivity index (χ0n) is 19.0. The maximum Gasteiger partial charge on any atom is 0.295 e. The van der Waals surface area contributed by atoms with Crippen LogP contribution in [0, 0.1) is 0 Å². The number of carbonyl (C=O) groups excluding carboxylic acids is 2. The molecule has 0 radical (unpaired) electrons. The molecule has 5 rings (SSSR count). The molecule has 0 saturated carbocycles. The highest BCUT2D eigenvalue weighted by molar-refractivity contribution is 9.10. The Bertz CT molecular complexity index is 1160. The van der Waals surface area contributed by atoms with Crippen LogP contribution < -0.4 is 4.74 Å². The molecule has 2 saturated heterocycles. The normalized spacial score (nSPS) is 24.4. The van der Waals surface area contributed by atoms with Gasteiger partial charge in [-0.15, -0.1) is 0 Å². The third-order valence-corrected chi connectivity index (χ3v) is 7.13. The Labute approximate surface area is 207 Å². The first-order valence-corrected chi connectivity index (χ1v) is 12.4. The van der Waals surface area contributed by atoms with E-state index in [-0.39, 0.29) is 17.4 Å². The molecule has 2 aromatic carbocycles. The monoisotopic (exact) mass is 526 g/mol. The molecule has 8 heteroatoms. The molecule has 2 aromatic rings. The highest BCUT2D eigenvalue weighted by atomic mass is 79.9. The van der Waals surface area contributed by atoms with Crippen LogP contribution in [-0.4, -0.2) is 72.1 Å². The minimum absolute atomic E-state index is 0.0693. The number of amides is 1. The SMILES string of the molecule is CC1Cc2cc(C(O)=C3C(=O)C(=O)N(CCN4CCOCC4)C3c3cccc(Br)c3)ccc2O1. The van der Waals surface area contributed by atoms with Crippen molar-refractivity contribution in [3.63, 3.8) is 0 Å². The van der Waals surface area contributed by atoms with Crippen LogP contribution >= 0.6 is 15.9 Å². The lowest BCUT2D eigenvalue weighted by Crippen LogP contribution is -2.42. The molecular formula is C26H27BrN2O5. The molecule has 7 nitrogen and oxygen atoms in total. The van der Waals surface area contributed by atoms with Gasteiger partial charge in [0.15, 0.2) is 0 Å². The molecule has 1 amide bonds. The number of benzene rings is 2. The molecular weight excluding hydrogens is 500 g/mol. The molecule has 0 aliphatic carbocycles. The molecule has 2 fully saturated rings. The fourth-order valence-electron chi connectivity index (χ4n) is 4.93.